The molecule has 138 valence electrons. The molecule has 1 unspecified atom stereocenters. The van der Waals surface area contributed by atoms with Crippen LogP contribution in [-0.2, 0) is 22.7 Å². The number of hydrogen-bond donors (Lipinski definition) is 2. The largest absolute Gasteiger partial charge is 0.489 e. The van der Waals surface area contributed by atoms with Crippen LogP contribution >= 0.6 is 0 Å². The summed E-state index contributed by atoms with van der Waals surface area (Å²) in [5, 5.41) is 2.95. The van der Waals surface area contributed by atoms with Gasteiger partial charge in [-0.05, 0) is 42.0 Å². The lowest BCUT2D eigenvalue weighted by Gasteiger charge is -2.26. The van der Waals surface area contributed by atoms with Gasteiger partial charge in [0.2, 0.25) is 5.91 Å². The fourth-order valence-electron chi connectivity index (χ4n) is 3.11. The van der Waals surface area contributed by atoms with Crippen molar-refractivity contribution in [3.8, 4) is 5.75 Å². The average Bonchev–Trinajstić information content (AvgIpc) is 2.71. The van der Waals surface area contributed by atoms with Crippen molar-refractivity contribution >= 4 is 5.91 Å². The minimum atomic E-state index is -0.469. The van der Waals surface area contributed by atoms with Crippen molar-refractivity contribution in [2.24, 2.45) is 11.7 Å². The molecule has 2 aromatic carbocycles. The molecule has 1 atom stereocenters. The third kappa shape index (κ3) is 5.31. The van der Waals surface area contributed by atoms with E-state index in [1.54, 1.807) is 0 Å². The van der Waals surface area contributed by atoms with Gasteiger partial charge < -0.3 is 20.5 Å². The number of benzene rings is 2. The molecule has 0 saturated carbocycles. The SMILES string of the molecule is NC(C(=O)NCc1cccc(COc2ccccc2)c1)C1CCOCC1. The van der Waals surface area contributed by atoms with Crippen molar-refractivity contribution in [3.63, 3.8) is 0 Å². The van der Waals surface area contributed by atoms with Gasteiger partial charge in [0.25, 0.3) is 0 Å². The lowest BCUT2D eigenvalue weighted by Crippen LogP contribution is -2.46. The summed E-state index contributed by atoms with van der Waals surface area (Å²) < 4.78 is 11.1. The van der Waals surface area contributed by atoms with E-state index < -0.39 is 6.04 Å². The maximum absolute atomic E-state index is 12.3. The highest BCUT2D eigenvalue weighted by atomic mass is 16.5. The Morgan fingerprint density at radius 1 is 1.12 bits per heavy atom. The second kappa shape index (κ2) is 9.36. The molecule has 1 heterocycles. The maximum Gasteiger partial charge on any atom is 0.237 e. The van der Waals surface area contributed by atoms with Crippen molar-refractivity contribution < 1.29 is 14.3 Å². The number of para-hydroxylation sites is 1. The van der Waals surface area contributed by atoms with E-state index in [9.17, 15) is 4.79 Å². The highest BCUT2D eigenvalue weighted by molar-refractivity contribution is 5.81. The first-order chi connectivity index (χ1) is 12.7. The first kappa shape index (κ1) is 18.4. The standard InChI is InChI=1S/C21H26N2O3/c22-20(18-9-11-25-12-10-18)21(24)23-14-16-5-4-6-17(13-16)15-26-19-7-2-1-3-8-19/h1-8,13,18,20H,9-12,14-15,22H2,(H,23,24). The minimum Gasteiger partial charge on any atom is -0.489 e. The Labute approximate surface area is 154 Å². The zero-order chi connectivity index (χ0) is 18.2. The number of amides is 1. The summed E-state index contributed by atoms with van der Waals surface area (Å²) in [5.41, 5.74) is 8.21. The Hall–Kier alpha value is -2.37. The van der Waals surface area contributed by atoms with E-state index in [4.69, 9.17) is 15.2 Å². The van der Waals surface area contributed by atoms with E-state index in [1.165, 1.54) is 0 Å². The van der Waals surface area contributed by atoms with Crippen LogP contribution in [0, 0.1) is 5.92 Å². The predicted octanol–water partition coefficient (Wildman–Crippen LogP) is 2.64. The quantitative estimate of drug-likeness (QED) is 0.802. The lowest BCUT2D eigenvalue weighted by atomic mass is 9.92. The van der Waals surface area contributed by atoms with Crippen LogP contribution in [0.5, 0.6) is 5.75 Å². The van der Waals surface area contributed by atoms with E-state index in [0.29, 0.717) is 26.4 Å². The van der Waals surface area contributed by atoms with Crippen LogP contribution in [0.15, 0.2) is 54.6 Å². The Morgan fingerprint density at radius 3 is 2.62 bits per heavy atom. The normalized spacial score (nSPS) is 16.0. The molecule has 3 rings (SSSR count). The molecule has 0 aromatic heterocycles. The van der Waals surface area contributed by atoms with E-state index in [1.807, 2.05) is 54.6 Å². The van der Waals surface area contributed by atoms with Gasteiger partial charge in [0.05, 0.1) is 6.04 Å². The highest BCUT2D eigenvalue weighted by Gasteiger charge is 2.26. The molecule has 1 aliphatic rings. The van der Waals surface area contributed by atoms with Crippen LogP contribution in [0.1, 0.15) is 24.0 Å². The molecule has 5 heteroatoms. The Kier molecular flexibility index (Phi) is 6.63. The van der Waals surface area contributed by atoms with Crippen molar-refractivity contribution in [1.29, 1.82) is 0 Å². The number of rotatable bonds is 7. The molecule has 3 N–H and O–H groups in total. The van der Waals surface area contributed by atoms with Gasteiger partial charge in [-0.2, -0.15) is 0 Å². The molecule has 26 heavy (non-hydrogen) atoms. The van der Waals surface area contributed by atoms with Crippen LogP contribution in [0.25, 0.3) is 0 Å². The molecule has 0 aliphatic carbocycles. The highest BCUT2D eigenvalue weighted by Crippen LogP contribution is 2.18. The van der Waals surface area contributed by atoms with Gasteiger partial charge in [-0.25, -0.2) is 0 Å². The van der Waals surface area contributed by atoms with Crippen LogP contribution in [-0.4, -0.2) is 25.2 Å². The topological polar surface area (TPSA) is 73.6 Å². The van der Waals surface area contributed by atoms with Gasteiger partial charge >= 0.3 is 0 Å². The summed E-state index contributed by atoms with van der Waals surface area (Å²) in [6.07, 6.45) is 1.70. The summed E-state index contributed by atoms with van der Waals surface area (Å²) in [6.45, 7) is 2.34. The third-order valence-electron chi connectivity index (χ3n) is 4.68. The summed E-state index contributed by atoms with van der Waals surface area (Å²) in [7, 11) is 0. The Balaban J connectivity index is 1.49. The van der Waals surface area contributed by atoms with Gasteiger partial charge in [-0.3, -0.25) is 4.79 Å². The van der Waals surface area contributed by atoms with Gasteiger partial charge in [-0.1, -0.05) is 42.5 Å². The van der Waals surface area contributed by atoms with Gasteiger partial charge in [0.1, 0.15) is 12.4 Å². The van der Waals surface area contributed by atoms with E-state index in [2.05, 4.69) is 5.32 Å². The fraction of sp³-hybridized carbons (Fsp3) is 0.381. The first-order valence-corrected chi connectivity index (χ1v) is 9.09. The third-order valence-corrected chi connectivity index (χ3v) is 4.68. The van der Waals surface area contributed by atoms with Crippen LogP contribution in [0.4, 0.5) is 0 Å². The molecule has 1 saturated heterocycles. The van der Waals surface area contributed by atoms with Crippen molar-refractivity contribution in [1.82, 2.24) is 5.32 Å². The minimum absolute atomic E-state index is 0.0946. The average molecular weight is 354 g/mol. The number of ether oxygens (including phenoxy) is 2. The van der Waals surface area contributed by atoms with Gasteiger partial charge in [0.15, 0.2) is 0 Å². The Bertz CT molecular complexity index is 699. The molecule has 1 fully saturated rings. The molecular weight excluding hydrogens is 328 g/mol. The number of carbonyl (C=O) groups is 1. The molecular formula is C21H26N2O3. The molecule has 5 nitrogen and oxygen atoms in total. The monoisotopic (exact) mass is 354 g/mol. The molecule has 2 aromatic rings. The van der Waals surface area contributed by atoms with Crippen molar-refractivity contribution in [2.75, 3.05) is 13.2 Å². The van der Waals surface area contributed by atoms with Crippen LogP contribution < -0.4 is 15.8 Å². The van der Waals surface area contributed by atoms with E-state index in [0.717, 1.165) is 29.7 Å². The van der Waals surface area contributed by atoms with Crippen LogP contribution in [0.2, 0.25) is 0 Å². The zero-order valence-electron chi connectivity index (χ0n) is 14.9. The lowest BCUT2D eigenvalue weighted by molar-refractivity contribution is -0.124. The summed E-state index contributed by atoms with van der Waals surface area (Å²) in [4.78, 5) is 12.3. The molecule has 0 radical (unpaired) electrons. The van der Waals surface area contributed by atoms with E-state index in [-0.39, 0.29) is 11.8 Å². The summed E-state index contributed by atoms with van der Waals surface area (Å²) in [6, 6.07) is 17.3. The smallest absolute Gasteiger partial charge is 0.237 e. The molecule has 1 amide bonds. The summed E-state index contributed by atoms with van der Waals surface area (Å²) in [5.74, 6) is 0.950. The van der Waals surface area contributed by atoms with E-state index >= 15 is 0 Å². The fourth-order valence-corrected chi connectivity index (χ4v) is 3.11. The Morgan fingerprint density at radius 2 is 1.85 bits per heavy atom. The molecule has 1 aliphatic heterocycles. The second-order valence-electron chi connectivity index (χ2n) is 6.62. The number of nitrogens with one attached hydrogen (secondary N) is 1. The van der Waals surface area contributed by atoms with Crippen LogP contribution in [0.3, 0.4) is 0 Å². The molecule has 0 spiro atoms. The van der Waals surface area contributed by atoms with Gasteiger partial charge in [-0.15, -0.1) is 0 Å². The van der Waals surface area contributed by atoms with Gasteiger partial charge in [0, 0.05) is 19.8 Å². The predicted molar refractivity (Wildman–Crippen MR) is 101 cm³/mol. The van der Waals surface area contributed by atoms with Crippen molar-refractivity contribution in [3.05, 3.63) is 65.7 Å². The number of hydrogen-bond acceptors (Lipinski definition) is 4. The molecule has 0 bridgehead atoms. The first-order valence-electron chi connectivity index (χ1n) is 9.09. The maximum atomic E-state index is 12.3. The van der Waals surface area contributed by atoms with Crippen molar-refractivity contribution in [2.45, 2.75) is 32.0 Å². The second-order valence-corrected chi connectivity index (χ2v) is 6.62. The number of carbonyl (C=O) groups excluding carboxylic acids is 1. The zero-order valence-corrected chi connectivity index (χ0v) is 14.9. The summed E-state index contributed by atoms with van der Waals surface area (Å²) >= 11 is 0. The number of nitrogens with two attached hydrogens (primary N) is 1.